The molecule has 0 unspecified atom stereocenters. The number of carbonyl (C=O) groups is 2. The average molecular weight is 458 g/mol. The van der Waals surface area contributed by atoms with E-state index in [1.807, 2.05) is 37.3 Å². The molecule has 0 amide bonds. The van der Waals surface area contributed by atoms with E-state index in [9.17, 15) is 14.0 Å². The Hall–Kier alpha value is -4.00. The average Bonchev–Trinajstić information content (AvgIpc) is 3.33. The Bertz CT molecular complexity index is 1320. The first-order valence-electron chi connectivity index (χ1n) is 11.1. The molecule has 0 radical (unpaired) electrons. The number of nitrogens with zero attached hydrogens (tertiary/aromatic N) is 1. The first kappa shape index (κ1) is 21.8. The van der Waals surface area contributed by atoms with Crippen LogP contribution in [-0.2, 0) is 14.3 Å². The van der Waals surface area contributed by atoms with Crippen molar-refractivity contribution < 1.29 is 18.7 Å². The number of methoxy groups -OCH3 is 1. The molecule has 7 heteroatoms. The van der Waals surface area contributed by atoms with Gasteiger partial charge in [-0.2, -0.15) is 5.10 Å². The first-order chi connectivity index (χ1) is 16.5. The molecule has 0 saturated heterocycles. The van der Waals surface area contributed by atoms with Crippen molar-refractivity contribution >= 4 is 11.8 Å². The zero-order chi connectivity index (χ0) is 23.8. The van der Waals surface area contributed by atoms with E-state index in [1.54, 1.807) is 18.3 Å². The number of benzene rings is 2. The molecule has 6 nitrogen and oxygen atoms in total. The summed E-state index contributed by atoms with van der Waals surface area (Å²) in [6, 6.07) is 16.0. The lowest BCUT2D eigenvalue weighted by atomic mass is 9.71. The molecule has 2 aliphatic rings. The smallest absolute Gasteiger partial charge is 0.336 e. The number of Topliss-reactive ketones (excluding diaryl/α,β-unsaturated/α-hetero) is 1. The minimum atomic E-state index is -0.612. The van der Waals surface area contributed by atoms with Crippen molar-refractivity contribution in [1.29, 1.82) is 0 Å². The van der Waals surface area contributed by atoms with Gasteiger partial charge in [0.05, 0.1) is 30.5 Å². The highest BCUT2D eigenvalue weighted by molar-refractivity contribution is 6.04. The van der Waals surface area contributed by atoms with Gasteiger partial charge in [0.1, 0.15) is 5.82 Å². The maximum atomic E-state index is 13.6. The summed E-state index contributed by atoms with van der Waals surface area (Å²) in [6.07, 6.45) is 2.53. The second kappa shape index (κ2) is 8.74. The van der Waals surface area contributed by atoms with Crippen LogP contribution in [-0.4, -0.2) is 29.1 Å². The molecule has 0 fully saturated rings. The van der Waals surface area contributed by atoms with Crippen molar-refractivity contribution in [3.63, 3.8) is 0 Å². The van der Waals surface area contributed by atoms with Crippen LogP contribution in [0.2, 0.25) is 0 Å². The number of esters is 1. The van der Waals surface area contributed by atoms with E-state index in [4.69, 9.17) is 4.74 Å². The molecule has 1 aliphatic heterocycles. The Kier molecular flexibility index (Phi) is 5.61. The molecule has 2 aromatic carbocycles. The van der Waals surface area contributed by atoms with E-state index in [1.165, 1.54) is 19.2 Å². The number of hydrogen-bond acceptors (Lipinski definition) is 5. The Morgan fingerprint density at radius 1 is 1.09 bits per heavy atom. The molecule has 0 saturated carbocycles. The predicted octanol–water partition coefficient (Wildman–Crippen LogP) is 4.75. The quantitative estimate of drug-likeness (QED) is 0.553. The van der Waals surface area contributed by atoms with E-state index in [0.717, 1.165) is 28.1 Å². The molecule has 2 atom stereocenters. The van der Waals surface area contributed by atoms with Gasteiger partial charge in [-0.25, -0.2) is 9.18 Å². The summed E-state index contributed by atoms with van der Waals surface area (Å²) in [7, 11) is 1.34. The zero-order valence-electron chi connectivity index (χ0n) is 18.9. The highest BCUT2D eigenvalue weighted by Gasteiger charge is 2.42. The number of H-pyrrole nitrogens is 1. The number of nitrogens with one attached hydrogen (secondary N) is 2. The molecule has 5 rings (SSSR count). The molecule has 34 heavy (non-hydrogen) atoms. The Labute approximate surface area is 196 Å². The predicted molar refractivity (Wildman–Crippen MR) is 125 cm³/mol. The monoisotopic (exact) mass is 457 g/mol. The SMILES string of the molecule is COC(=O)C1=C(C)NC2=C(C(=O)C[C@@H](c3ccc(F)cc3)C2)[C@H]1c1cn[nH]c1-c1ccccc1. The van der Waals surface area contributed by atoms with Crippen LogP contribution in [0, 0.1) is 5.82 Å². The van der Waals surface area contributed by atoms with Crippen molar-refractivity contribution in [3.8, 4) is 11.3 Å². The van der Waals surface area contributed by atoms with Gasteiger partial charge >= 0.3 is 5.97 Å². The molecule has 0 bridgehead atoms. The number of rotatable bonds is 4. The summed E-state index contributed by atoms with van der Waals surface area (Å²) in [5.41, 5.74) is 5.69. The van der Waals surface area contributed by atoms with Gasteiger partial charge in [-0.1, -0.05) is 42.5 Å². The van der Waals surface area contributed by atoms with Crippen LogP contribution in [0.4, 0.5) is 4.39 Å². The van der Waals surface area contributed by atoms with Gasteiger partial charge in [-0.05, 0) is 42.5 Å². The molecule has 2 N–H and O–H groups in total. The van der Waals surface area contributed by atoms with Gasteiger partial charge in [0, 0.05) is 29.0 Å². The lowest BCUT2D eigenvalue weighted by Gasteiger charge is -2.36. The fourth-order valence-corrected chi connectivity index (χ4v) is 5.05. The third-order valence-electron chi connectivity index (χ3n) is 6.62. The summed E-state index contributed by atoms with van der Waals surface area (Å²) in [5, 5.41) is 10.6. The molecule has 0 spiro atoms. The van der Waals surface area contributed by atoms with E-state index in [-0.39, 0.29) is 23.9 Å². The van der Waals surface area contributed by atoms with Gasteiger partial charge in [0.25, 0.3) is 0 Å². The van der Waals surface area contributed by atoms with Crippen LogP contribution < -0.4 is 5.32 Å². The highest BCUT2D eigenvalue weighted by atomic mass is 19.1. The molecular formula is C27H24FN3O3. The molecule has 1 aliphatic carbocycles. The molecule has 1 aromatic heterocycles. The van der Waals surface area contributed by atoms with Crippen molar-refractivity contribution in [3.05, 3.63) is 100 Å². The van der Waals surface area contributed by atoms with E-state index in [2.05, 4.69) is 15.5 Å². The summed E-state index contributed by atoms with van der Waals surface area (Å²) in [5.74, 6) is -1.54. The Morgan fingerprint density at radius 3 is 2.53 bits per heavy atom. The molecule has 2 heterocycles. The topological polar surface area (TPSA) is 84.1 Å². The number of halogens is 1. The Morgan fingerprint density at radius 2 is 1.82 bits per heavy atom. The third kappa shape index (κ3) is 3.73. The largest absolute Gasteiger partial charge is 0.466 e. The molecule has 3 aromatic rings. The minimum absolute atomic E-state index is 0.0535. The van der Waals surface area contributed by atoms with Gasteiger partial charge in [0.15, 0.2) is 5.78 Å². The highest BCUT2D eigenvalue weighted by Crippen LogP contribution is 2.47. The summed E-state index contributed by atoms with van der Waals surface area (Å²) in [4.78, 5) is 26.5. The molecule has 172 valence electrons. The van der Waals surface area contributed by atoms with Crippen LogP contribution in [0.15, 0.2) is 83.3 Å². The maximum Gasteiger partial charge on any atom is 0.336 e. The second-order valence-electron chi connectivity index (χ2n) is 8.63. The first-order valence-corrected chi connectivity index (χ1v) is 11.1. The number of aromatic nitrogens is 2. The van der Waals surface area contributed by atoms with E-state index in [0.29, 0.717) is 23.3 Å². The number of ketones is 1. The fraction of sp³-hybridized carbons (Fsp3) is 0.222. The number of ether oxygens (including phenoxy) is 1. The fourth-order valence-electron chi connectivity index (χ4n) is 5.05. The zero-order valence-corrected chi connectivity index (χ0v) is 18.9. The number of dihydropyridines is 1. The maximum absolute atomic E-state index is 13.6. The van der Waals surface area contributed by atoms with Crippen LogP contribution >= 0.6 is 0 Å². The Balaban J connectivity index is 1.63. The molecular weight excluding hydrogens is 433 g/mol. The van der Waals surface area contributed by atoms with Crippen molar-refractivity contribution in [2.75, 3.05) is 7.11 Å². The summed E-state index contributed by atoms with van der Waals surface area (Å²) >= 11 is 0. The van der Waals surface area contributed by atoms with Crippen molar-refractivity contribution in [2.24, 2.45) is 0 Å². The standard InChI is InChI=1S/C27H24FN3O3/c1-15-23(27(33)34-2)24(20-14-29-31-26(20)17-6-4-3-5-7-17)25-21(30-15)12-18(13-22(25)32)16-8-10-19(28)11-9-16/h3-11,14,18,24,30H,12-13H2,1-2H3,(H,29,31)/t18-,24-/m0/s1. The third-order valence-corrected chi connectivity index (χ3v) is 6.62. The minimum Gasteiger partial charge on any atom is -0.466 e. The second-order valence-corrected chi connectivity index (χ2v) is 8.63. The van der Waals surface area contributed by atoms with Crippen LogP contribution in [0.5, 0.6) is 0 Å². The van der Waals surface area contributed by atoms with E-state index >= 15 is 0 Å². The number of aromatic amines is 1. The van der Waals surface area contributed by atoms with Gasteiger partial charge in [-0.3, -0.25) is 9.89 Å². The number of allylic oxidation sites excluding steroid dienone is 3. The lowest BCUT2D eigenvalue weighted by Crippen LogP contribution is -2.36. The number of carbonyl (C=O) groups excluding carboxylic acids is 2. The lowest BCUT2D eigenvalue weighted by molar-refractivity contribution is -0.136. The van der Waals surface area contributed by atoms with Crippen LogP contribution in [0.1, 0.15) is 42.7 Å². The number of hydrogen-bond donors (Lipinski definition) is 2. The van der Waals surface area contributed by atoms with Gasteiger partial charge in [0.2, 0.25) is 0 Å². The van der Waals surface area contributed by atoms with Crippen LogP contribution in [0.25, 0.3) is 11.3 Å². The van der Waals surface area contributed by atoms with Gasteiger partial charge < -0.3 is 10.1 Å². The van der Waals surface area contributed by atoms with Crippen molar-refractivity contribution in [1.82, 2.24) is 15.5 Å². The summed E-state index contributed by atoms with van der Waals surface area (Å²) < 4.78 is 18.6. The van der Waals surface area contributed by atoms with Crippen molar-refractivity contribution in [2.45, 2.75) is 31.6 Å². The van der Waals surface area contributed by atoms with Crippen LogP contribution in [0.3, 0.4) is 0 Å². The van der Waals surface area contributed by atoms with Gasteiger partial charge in [-0.15, -0.1) is 0 Å². The van der Waals surface area contributed by atoms with E-state index < -0.39 is 11.9 Å². The summed E-state index contributed by atoms with van der Waals surface area (Å²) in [6.45, 7) is 1.82. The normalized spacial score (nSPS) is 20.1.